The Morgan fingerprint density at radius 1 is 1.53 bits per heavy atom. The Balaban J connectivity index is 1.98. The second-order valence-electron chi connectivity index (χ2n) is 4.46. The van der Waals surface area contributed by atoms with Crippen molar-refractivity contribution in [3.63, 3.8) is 0 Å². The zero-order valence-corrected chi connectivity index (χ0v) is 10.1. The first-order valence-corrected chi connectivity index (χ1v) is 5.98. The van der Waals surface area contributed by atoms with E-state index in [4.69, 9.17) is 10.5 Å². The summed E-state index contributed by atoms with van der Waals surface area (Å²) in [5, 5.41) is 13.1. The molecule has 0 spiro atoms. The number of hydrogen-bond acceptors (Lipinski definition) is 5. The molecule has 0 amide bonds. The number of nitrogens with one attached hydrogen (secondary N) is 1. The largest absolute Gasteiger partial charge is 0.476 e. The Labute approximate surface area is 101 Å². The van der Waals surface area contributed by atoms with Gasteiger partial charge in [-0.1, -0.05) is 0 Å². The summed E-state index contributed by atoms with van der Waals surface area (Å²) in [6, 6.07) is 3.55. The van der Waals surface area contributed by atoms with Gasteiger partial charge in [0.15, 0.2) is 0 Å². The molecule has 5 nitrogen and oxygen atoms in total. The van der Waals surface area contributed by atoms with E-state index in [0.717, 1.165) is 19.3 Å². The molecule has 1 heterocycles. The molecule has 0 bridgehead atoms. The van der Waals surface area contributed by atoms with Crippen molar-refractivity contribution in [2.24, 2.45) is 0 Å². The van der Waals surface area contributed by atoms with E-state index in [9.17, 15) is 5.11 Å². The SMILES string of the molecule is CCOc1nc(NCC2(O)CCC2)ccc1N. The number of aromatic nitrogens is 1. The minimum Gasteiger partial charge on any atom is -0.476 e. The van der Waals surface area contributed by atoms with Crippen LogP contribution in [0, 0.1) is 0 Å². The van der Waals surface area contributed by atoms with Crippen molar-refractivity contribution in [1.82, 2.24) is 4.98 Å². The molecule has 1 aliphatic rings. The van der Waals surface area contributed by atoms with Gasteiger partial charge < -0.3 is 20.9 Å². The van der Waals surface area contributed by atoms with E-state index in [1.165, 1.54) is 0 Å². The summed E-state index contributed by atoms with van der Waals surface area (Å²) in [5.41, 5.74) is 5.70. The minimum atomic E-state index is -0.561. The molecule has 17 heavy (non-hydrogen) atoms. The highest BCUT2D eigenvalue weighted by Gasteiger charge is 2.34. The van der Waals surface area contributed by atoms with Crippen molar-refractivity contribution < 1.29 is 9.84 Å². The molecule has 0 aromatic carbocycles. The van der Waals surface area contributed by atoms with E-state index in [1.807, 2.05) is 6.92 Å². The van der Waals surface area contributed by atoms with Crippen LogP contribution < -0.4 is 15.8 Å². The molecule has 0 aliphatic heterocycles. The maximum absolute atomic E-state index is 9.95. The fourth-order valence-corrected chi connectivity index (χ4v) is 1.82. The summed E-state index contributed by atoms with van der Waals surface area (Å²) in [6.07, 6.45) is 2.80. The van der Waals surface area contributed by atoms with Crippen molar-refractivity contribution in [3.8, 4) is 5.88 Å². The van der Waals surface area contributed by atoms with Gasteiger partial charge >= 0.3 is 0 Å². The van der Waals surface area contributed by atoms with Crippen molar-refractivity contribution in [3.05, 3.63) is 12.1 Å². The average molecular weight is 237 g/mol. The molecule has 0 saturated heterocycles. The molecular weight excluding hydrogens is 218 g/mol. The third-order valence-corrected chi connectivity index (χ3v) is 3.05. The number of anilines is 2. The van der Waals surface area contributed by atoms with Gasteiger partial charge in [-0.2, -0.15) is 4.98 Å². The lowest BCUT2D eigenvalue weighted by molar-refractivity contribution is -0.0202. The van der Waals surface area contributed by atoms with E-state index in [-0.39, 0.29) is 0 Å². The monoisotopic (exact) mass is 237 g/mol. The Hall–Kier alpha value is -1.49. The van der Waals surface area contributed by atoms with Gasteiger partial charge in [-0.3, -0.25) is 0 Å². The van der Waals surface area contributed by atoms with E-state index < -0.39 is 5.60 Å². The molecule has 94 valence electrons. The fourth-order valence-electron chi connectivity index (χ4n) is 1.82. The van der Waals surface area contributed by atoms with Crippen molar-refractivity contribution in [1.29, 1.82) is 0 Å². The molecule has 1 aliphatic carbocycles. The van der Waals surface area contributed by atoms with Crippen LogP contribution in [0.5, 0.6) is 5.88 Å². The number of nitrogens with zero attached hydrogens (tertiary/aromatic N) is 1. The lowest BCUT2D eigenvalue weighted by Gasteiger charge is -2.36. The Bertz CT molecular complexity index is 391. The second kappa shape index (κ2) is 4.79. The highest BCUT2D eigenvalue weighted by atomic mass is 16.5. The van der Waals surface area contributed by atoms with Crippen LogP contribution in [0.1, 0.15) is 26.2 Å². The zero-order valence-electron chi connectivity index (χ0n) is 10.1. The normalized spacial score (nSPS) is 17.3. The van der Waals surface area contributed by atoms with Crippen LogP contribution in [0.4, 0.5) is 11.5 Å². The lowest BCUT2D eigenvalue weighted by atomic mass is 9.80. The van der Waals surface area contributed by atoms with Gasteiger partial charge in [0.25, 0.3) is 0 Å². The average Bonchev–Trinajstić information content (AvgIpc) is 2.28. The summed E-state index contributed by atoms with van der Waals surface area (Å²) in [6.45, 7) is 2.94. The van der Waals surface area contributed by atoms with Crippen LogP contribution in [-0.2, 0) is 0 Å². The van der Waals surface area contributed by atoms with Gasteiger partial charge in [0.2, 0.25) is 5.88 Å². The molecule has 4 N–H and O–H groups in total. The molecule has 0 unspecified atom stereocenters. The predicted octanol–water partition coefficient (Wildman–Crippen LogP) is 1.39. The highest BCUT2D eigenvalue weighted by molar-refractivity contribution is 5.53. The van der Waals surface area contributed by atoms with Gasteiger partial charge in [0.1, 0.15) is 5.82 Å². The Morgan fingerprint density at radius 2 is 2.29 bits per heavy atom. The molecule has 5 heteroatoms. The van der Waals surface area contributed by atoms with Gasteiger partial charge in [-0.15, -0.1) is 0 Å². The third-order valence-electron chi connectivity index (χ3n) is 3.05. The first-order chi connectivity index (χ1) is 8.13. The predicted molar refractivity (Wildman–Crippen MR) is 67.1 cm³/mol. The number of ether oxygens (including phenoxy) is 1. The van der Waals surface area contributed by atoms with Gasteiger partial charge in [0, 0.05) is 6.54 Å². The van der Waals surface area contributed by atoms with Gasteiger partial charge in [-0.25, -0.2) is 0 Å². The van der Waals surface area contributed by atoms with Crippen molar-refractivity contribution in [2.45, 2.75) is 31.8 Å². The Kier molecular flexibility index (Phi) is 3.38. The lowest BCUT2D eigenvalue weighted by Crippen LogP contribution is -2.43. The molecule has 1 saturated carbocycles. The maximum atomic E-state index is 9.95. The third kappa shape index (κ3) is 2.79. The van der Waals surface area contributed by atoms with Crippen LogP contribution in [0.2, 0.25) is 0 Å². The number of pyridine rings is 1. The van der Waals surface area contributed by atoms with E-state index in [1.54, 1.807) is 12.1 Å². The molecule has 0 atom stereocenters. The van der Waals surface area contributed by atoms with Crippen molar-refractivity contribution >= 4 is 11.5 Å². The van der Waals surface area contributed by atoms with E-state index >= 15 is 0 Å². The number of aliphatic hydroxyl groups is 1. The summed E-state index contributed by atoms with van der Waals surface area (Å²) in [7, 11) is 0. The van der Waals surface area contributed by atoms with Crippen molar-refractivity contribution in [2.75, 3.05) is 24.2 Å². The quantitative estimate of drug-likeness (QED) is 0.721. The zero-order chi connectivity index (χ0) is 12.3. The minimum absolute atomic E-state index is 0.443. The summed E-state index contributed by atoms with van der Waals surface area (Å²) < 4.78 is 5.31. The molecule has 0 radical (unpaired) electrons. The fraction of sp³-hybridized carbons (Fsp3) is 0.583. The Morgan fingerprint density at radius 3 is 2.88 bits per heavy atom. The van der Waals surface area contributed by atoms with Crippen LogP contribution in [0.15, 0.2) is 12.1 Å². The standard InChI is InChI=1S/C12H19N3O2/c1-2-17-11-9(13)4-5-10(15-11)14-8-12(16)6-3-7-12/h4-5,16H,2-3,6-8,13H2,1H3,(H,14,15). The number of hydrogen-bond donors (Lipinski definition) is 3. The summed E-state index contributed by atoms with van der Waals surface area (Å²) in [5.74, 6) is 1.13. The van der Waals surface area contributed by atoms with Crippen LogP contribution in [0.3, 0.4) is 0 Å². The molecule has 2 rings (SSSR count). The molecule has 1 fully saturated rings. The summed E-state index contributed by atoms with van der Waals surface area (Å²) in [4.78, 5) is 4.25. The molecular formula is C12H19N3O2. The number of rotatable bonds is 5. The summed E-state index contributed by atoms with van der Waals surface area (Å²) >= 11 is 0. The number of nitrogen functional groups attached to an aromatic ring is 1. The van der Waals surface area contributed by atoms with E-state index in [0.29, 0.717) is 30.5 Å². The molecule has 1 aromatic rings. The topological polar surface area (TPSA) is 80.4 Å². The maximum Gasteiger partial charge on any atom is 0.239 e. The smallest absolute Gasteiger partial charge is 0.239 e. The highest BCUT2D eigenvalue weighted by Crippen LogP contribution is 2.31. The van der Waals surface area contributed by atoms with Gasteiger partial charge in [-0.05, 0) is 38.3 Å². The van der Waals surface area contributed by atoms with Crippen LogP contribution >= 0.6 is 0 Å². The van der Waals surface area contributed by atoms with E-state index in [2.05, 4.69) is 10.3 Å². The van der Waals surface area contributed by atoms with Gasteiger partial charge in [0.05, 0.1) is 17.9 Å². The second-order valence-corrected chi connectivity index (χ2v) is 4.46. The first-order valence-electron chi connectivity index (χ1n) is 5.98. The van der Waals surface area contributed by atoms with Crippen LogP contribution in [0.25, 0.3) is 0 Å². The molecule has 1 aromatic heterocycles. The van der Waals surface area contributed by atoms with Crippen LogP contribution in [-0.4, -0.2) is 28.8 Å². The number of nitrogens with two attached hydrogens (primary N) is 1. The first kappa shape index (κ1) is 12.0.